The van der Waals surface area contributed by atoms with Crippen molar-refractivity contribution in [1.29, 1.82) is 0 Å². The summed E-state index contributed by atoms with van der Waals surface area (Å²) in [5, 5.41) is 1.14. The molecule has 0 bridgehead atoms. The molecule has 0 aliphatic rings. The average Bonchev–Trinajstić information content (AvgIpc) is 2.72. The van der Waals surface area contributed by atoms with E-state index in [4.69, 9.17) is 0 Å². The van der Waals surface area contributed by atoms with Crippen LogP contribution in [0.1, 0.15) is 29.8 Å². The fourth-order valence-electron chi connectivity index (χ4n) is 1.52. The maximum Gasteiger partial charge on any atom is 0.337 e. The second-order valence-corrected chi connectivity index (χ2v) is 3.22. The van der Waals surface area contributed by atoms with Gasteiger partial charge >= 0.3 is 5.97 Å². The molecule has 0 unspecified atom stereocenters. The largest absolute Gasteiger partial charge is 0.465 e. The fourth-order valence-corrected chi connectivity index (χ4v) is 1.52. The summed E-state index contributed by atoms with van der Waals surface area (Å²) < 4.78 is 4.64. The SMILES string of the molecule is CC.COC(=O)c1ccc2c(C)c[nH]c2c1. The van der Waals surface area contributed by atoms with Crippen LogP contribution >= 0.6 is 0 Å². The number of aromatic nitrogens is 1. The number of rotatable bonds is 1. The number of aryl methyl sites for hydroxylation is 1. The number of nitrogens with one attached hydrogen (secondary N) is 1. The van der Waals surface area contributed by atoms with E-state index in [0.717, 1.165) is 10.9 Å². The molecule has 1 aromatic carbocycles. The van der Waals surface area contributed by atoms with E-state index in [-0.39, 0.29) is 5.97 Å². The van der Waals surface area contributed by atoms with Crippen molar-refractivity contribution in [3.05, 3.63) is 35.5 Å². The molecule has 16 heavy (non-hydrogen) atoms. The minimum Gasteiger partial charge on any atom is -0.465 e. The molecule has 3 heteroatoms. The van der Waals surface area contributed by atoms with Crippen molar-refractivity contribution < 1.29 is 9.53 Å². The number of hydrogen-bond acceptors (Lipinski definition) is 2. The van der Waals surface area contributed by atoms with Gasteiger partial charge in [-0.1, -0.05) is 19.9 Å². The van der Waals surface area contributed by atoms with Crippen molar-refractivity contribution in [2.24, 2.45) is 0 Å². The van der Waals surface area contributed by atoms with Gasteiger partial charge < -0.3 is 9.72 Å². The maximum absolute atomic E-state index is 11.2. The van der Waals surface area contributed by atoms with Crippen molar-refractivity contribution in [3.63, 3.8) is 0 Å². The molecule has 0 aliphatic heterocycles. The fraction of sp³-hybridized carbons (Fsp3) is 0.308. The highest BCUT2D eigenvalue weighted by molar-refractivity contribution is 5.95. The number of methoxy groups -OCH3 is 1. The number of aromatic amines is 1. The molecule has 2 aromatic rings. The highest BCUT2D eigenvalue weighted by atomic mass is 16.5. The normalized spacial score (nSPS) is 9.50. The zero-order valence-corrected chi connectivity index (χ0v) is 10.1. The average molecular weight is 219 g/mol. The lowest BCUT2D eigenvalue weighted by Gasteiger charge is -1.98. The number of ether oxygens (including phenoxy) is 1. The molecule has 0 spiro atoms. The monoisotopic (exact) mass is 219 g/mol. The van der Waals surface area contributed by atoms with Crippen LogP contribution in [0.3, 0.4) is 0 Å². The Labute approximate surface area is 95.4 Å². The van der Waals surface area contributed by atoms with Crippen molar-refractivity contribution >= 4 is 16.9 Å². The van der Waals surface area contributed by atoms with Crippen LogP contribution < -0.4 is 0 Å². The second-order valence-electron chi connectivity index (χ2n) is 3.22. The van der Waals surface area contributed by atoms with Crippen molar-refractivity contribution in [1.82, 2.24) is 4.98 Å². The Morgan fingerprint density at radius 3 is 2.62 bits per heavy atom. The Bertz CT molecular complexity index is 486. The summed E-state index contributed by atoms with van der Waals surface area (Å²) in [4.78, 5) is 14.3. The lowest BCUT2D eigenvalue weighted by molar-refractivity contribution is 0.0601. The van der Waals surface area contributed by atoms with E-state index in [9.17, 15) is 4.79 Å². The third-order valence-corrected chi connectivity index (χ3v) is 2.31. The van der Waals surface area contributed by atoms with E-state index in [2.05, 4.69) is 9.72 Å². The smallest absolute Gasteiger partial charge is 0.337 e. The predicted molar refractivity (Wildman–Crippen MR) is 65.7 cm³/mol. The van der Waals surface area contributed by atoms with Gasteiger partial charge in [-0.15, -0.1) is 0 Å². The van der Waals surface area contributed by atoms with Crippen LogP contribution in [0.25, 0.3) is 10.9 Å². The topological polar surface area (TPSA) is 42.1 Å². The molecule has 0 aliphatic carbocycles. The van der Waals surface area contributed by atoms with Crippen LogP contribution in [0.5, 0.6) is 0 Å². The third-order valence-electron chi connectivity index (χ3n) is 2.31. The van der Waals surface area contributed by atoms with E-state index in [1.807, 2.05) is 33.0 Å². The van der Waals surface area contributed by atoms with E-state index in [0.29, 0.717) is 5.56 Å². The van der Waals surface area contributed by atoms with Crippen molar-refractivity contribution in [2.75, 3.05) is 7.11 Å². The minimum absolute atomic E-state index is 0.306. The Morgan fingerprint density at radius 2 is 2.00 bits per heavy atom. The number of esters is 1. The molecule has 0 amide bonds. The van der Waals surface area contributed by atoms with E-state index in [1.165, 1.54) is 12.7 Å². The van der Waals surface area contributed by atoms with Crippen LogP contribution in [-0.2, 0) is 4.74 Å². The Balaban J connectivity index is 0.000000606. The molecule has 1 N–H and O–H groups in total. The first-order valence-electron chi connectivity index (χ1n) is 5.38. The van der Waals surface area contributed by atoms with E-state index >= 15 is 0 Å². The summed E-state index contributed by atoms with van der Waals surface area (Å²) in [6.07, 6.45) is 1.92. The number of benzene rings is 1. The van der Waals surface area contributed by atoms with Gasteiger partial charge in [0.05, 0.1) is 12.7 Å². The van der Waals surface area contributed by atoms with Gasteiger partial charge in [0.1, 0.15) is 0 Å². The number of carbonyl (C=O) groups is 1. The maximum atomic E-state index is 11.2. The van der Waals surface area contributed by atoms with Crippen LogP contribution in [0.2, 0.25) is 0 Å². The lowest BCUT2D eigenvalue weighted by Crippen LogP contribution is -2.00. The zero-order valence-electron chi connectivity index (χ0n) is 10.1. The summed E-state index contributed by atoms with van der Waals surface area (Å²) in [5.74, 6) is -0.306. The van der Waals surface area contributed by atoms with Gasteiger partial charge in [0, 0.05) is 17.1 Å². The summed E-state index contributed by atoms with van der Waals surface area (Å²) in [6.45, 7) is 6.02. The molecule has 86 valence electrons. The lowest BCUT2D eigenvalue weighted by atomic mass is 10.1. The van der Waals surface area contributed by atoms with Crippen LogP contribution in [0.4, 0.5) is 0 Å². The molecular formula is C13H17NO2. The molecule has 1 aromatic heterocycles. The summed E-state index contributed by atoms with van der Waals surface area (Å²) in [6, 6.07) is 5.50. The molecule has 0 atom stereocenters. The van der Waals surface area contributed by atoms with E-state index < -0.39 is 0 Å². The predicted octanol–water partition coefficient (Wildman–Crippen LogP) is 3.29. The summed E-state index contributed by atoms with van der Waals surface area (Å²) >= 11 is 0. The van der Waals surface area contributed by atoms with Gasteiger partial charge in [0.2, 0.25) is 0 Å². The first kappa shape index (κ1) is 12.3. The molecule has 0 saturated carbocycles. The highest BCUT2D eigenvalue weighted by Gasteiger charge is 2.07. The van der Waals surface area contributed by atoms with Gasteiger partial charge in [-0.2, -0.15) is 0 Å². The Hall–Kier alpha value is -1.77. The van der Waals surface area contributed by atoms with Crippen LogP contribution in [-0.4, -0.2) is 18.1 Å². The van der Waals surface area contributed by atoms with Gasteiger partial charge in [0.25, 0.3) is 0 Å². The molecule has 0 fully saturated rings. The number of fused-ring (bicyclic) bond motifs is 1. The standard InChI is InChI=1S/C11H11NO2.C2H6/c1-7-6-12-10-5-8(11(13)14-2)3-4-9(7)10;1-2/h3-6,12H,1-2H3;1-2H3. The van der Waals surface area contributed by atoms with Crippen molar-refractivity contribution in [3.8, 4) is 0 Å². The number of hydrogen-bond donors (Lipinski definition) is 1. The first-order chi connectivity index (χ1) is 7.72. The zero-order chi connectivity index (χ0) is 12.1. The van der Waals surface area contributed by atoms with Gasteiger partial charge in [-0.05, 0) is 24.6 Å². The highest BCUT2D eigenvalue weighted by Crippen LogP contribution is 2.18. The van der Waals surface area contributed by atoms with Gasteiger partial charge in [-0.3, -0.25) is 0 Å². The second kappa shape index (κ2) is 5.35. The molecule has 1 heterocycles. The Kier molecular flexibility index (Phi) is 4.11. The Morgan fingerprint density at radius 1 is 1.31 bits per heavy atom. The van der Waals surface area contributed by atoms with Crippen LogP contribution in [0.15, 0.2) is 24.4 Å². The first-order valence-corrected chi connectivity index (χ1v) is 5.38. The molecular weight excluding hydrogens is 202 g/mol. The van der Waals surface area contributed by atoms with Gasteiger partial charge in [-0.25, -0.2) is 4.79 Å². The molecule has 0 radical (unpaired) electrons. The number of H-pyrrole nitrogens is 1. The van der Waals surface area contributed by atoms with Gasteiger partial charge in [0.15, 0.2) is 0 Å². The molecule has 0 saturated heterocycles. The molecule has 2 rings (SSSR count). The minimum atomic E-state index is -0.306. The number of carbonyl (C=O) groups excluding carboxylic acids is 1. The third kappa shape index (κ3) is 2.24. The summed E-state index contributed by atoms with van der Waals surface area (Å²) in [7, 11) is 1.38. The molecule has 3 nitrogen and oxygen atoms in total. The summed E-state index contributed by atoms with van der Waals surface area (Å²) in [5.41, 5.74) is 2.71. The quantitative estimate of drug-likeness (QED) is 0.748. The van der Waals surface area contributed by atoms with E-state index in [1.54, 1.807) is 12.1 Å². The van der Waals surface area contributed by atoms with Crippen LogP contribution in [0, 0.1) is 6.92 Å². The van der Waals surface area contributed by atoms with Crippen molar-refractivity contribution in [2.45, 2.75) is 20.8 Å².